The molecule has 0 aromatic carbocycles. The fraction of sp³-hybridized carbons (Fsp3) is 0.846. The molecule has 0 rings (SSSR count). The summed E-state index contributed by atoms with van der Waals surface area (Å²) in [6, 6.07) is -1.66. The van der Waals surface area contributed by atoms with Gasteiger partial charge in [0.1, 0.15) is 11.8 Å². The Bertz CT molecular complexity index is 604. The first-order valence-corrected chi connectivity index (χ1v) is 11.1. The van der Waals surface area contributed by atoms with E-state index >= 15 is 0 Å². The van der Waals surface area contributed by atoms with Crippen molar-refractivity contribution in [3.05, 3.63) is 0 Å². The summed E-state index contributed by atoms with van der Waals surface area (Å²) in [6.45, 7) is 3.67. The number of nitrogens with one attached hydrogen (secondary N) is 1. The highest BCUT2D eigenvalue weighted by atomic mass is 32.2. The number of hydrogen-bond donors (Lipinski definition) is 2. The number of carbonyl (C=O) groups excluding carboxylic acids is 1. The first-order chi connectivity index (χ1) is 10.4. The zero-order valence-electron chi connectivity index (χ0n) is 13.6. The van der Waals surface area contributed by atoms with Gasteiger partial charge in [0, 0.05) is 6.26 Å². The van der Waals surface area contributed by atoms with Crippen molar-refractivity contribution >= 4 is 31.6 Å². The van der Waals surface area contributed by atoms with Gasteiger partial charge in [-0.25, -0.2) is 21.6 Å². The van der Waals surface area contributed by atoms with Crippen LogP contribution in [0.15, 0.2) is 0 Å². The molecule has 0 bridgehead atoms. The predicted molar refractivity (Wildman–Crippen MR) is 86.7 cm³/mol. The summed E-state index contributed by atoms with van der Waals surface area (Å²) in [7, 11) is -7.35. The van der Waals surface area contributed by atoms with E-state index in [9.17, 15) is 26.4 Å². The van der Waals surface area contributed by atoms with Crippen LogP contribution in [0.25, 0.3) is 0 Å². The zero-order valence-corrected chi connectivity index (χ0v) is 15.2. The third kappa shape index (κ3) is 8.89. The van der Waals surface area contributed by atoms with E-state index in [0.29, 0.717) is 25.7 Å². The second-order valence-electron chi connectivity index (χ2n) is 5.56. The summed E-state index contributed by atoms with van der Waals surface area (Å²) in [5, 5.41) is 10.4. The van der Waals surface area contributed by atoms with Crippen LogP contribution in [-0.2, 0) is 29.3 Å². The van der Waals surface area contributed by atoms with E-state index in [0.717, 1.165) is 6.26 Å². The Balaban J connectivity index is 5.12. The Morgan fingerprint density at radius 3 is 1.87 bits per heavy atom. The SMILES string of the molecule is CCCC(CCC)S(=O)(=O)C[C@H](NC(=O)CS(C)(=O)=O)C(=O)O. The van der Waals surface area contributed by atoms with Crippen molar-refractivity contribution in [2.24, 2.45) is 0 Å². The molecule has 1 atom stereocenters. The molecule has 0 aromatic heterocycles. The van der Waals surface area contributed by atoms with Crippen molar-refractivity contribution in [2.75, 3.05) is 17.8 Å². The Labute approximate surface area is 137 Å². The van der Waals surface area contributed by atoms with Crippen molar-refractivity contribution in [1.29, 1.82) is 0 Å². The molecule has 136 valence electrons. The molecule has 0 aliphatic rings. The van der Waals surface area contributed by atoms with Gasteiger partial charge in [-0.3, -0.25) is 4.79 Å². The second kappa shape index (κ2) is 9.21. The normalized spacial score (nSPS) is 13.7. The lowest BCUT2D eigenvalue weighted by Gasteiger charge is -2.20. The average molecular weight is 371 g/mol. The van der Waals surface area contributed by atoms with Crippen LogP contribution >= 0.6 is 0 Å². The molecular weight excluding hydrogens is 346 g/mol. The molecule has 0 radical (unpaired) electrons. The maximum Gasteiger partial charge on any atom is 0.327 e. The molecule has 1 amide bonds. The molecule has 0 spiro atoms. The van der Waals surface area contributed by atoms with Gasteiger partial charge in [0.05, 0.1) is 11.0 Å². The number of sulfone groups is 2. The van der Waals surface area contributed by atoms with Crippen LogP contribution in [0.4, 0.5) is 0 Å². The molecule has 10 heteroatoms. The molecule has 0 aromatic rings. The van der Waals surface area contributed by atoms with Gasteiger partial charge >= 0.3 is 5.97 Å². The van der Waals surface area contributed by atoms with Crippen molar-refractivity contribution in [3.63, 3.8) is 0 Å². The van der Waals surface area contributed by atoms with E-state index in [1.54, 1.807) is 0 Å². The van der Waals surface area contributed by atoms with Crippen molar-refractivity contribution in [1.82, 2.24) is 5.32 Å². The minimum atomic E-state index is -3.73. The Morgan fingerprint density at radius 1 is 1.04 bits per heavy atom. The van der Waals surface area contributed by atoms with Gasteiger partial charge in [-0.15, -0.1) is 0 Å². The fourth-order valence-corrected chi connectivity index (χ4v) is 4.88. The fourth-order valence-electron chi connectivity index (χ4n) is 2.16. The molecule has 0 fully saturated rings. The first-order valence-electron chi connectivity index (χ1n) is 7.34. The van der Waals surface area contributed by atoms with Gasteiger partial charge in [0.2, 0.25) is 5.91 Å². The molecule has 0 saturated heterocycles. The van der Waals surface area contributed by atoms with Gasteiger partial charge < -0.3 is 10.4 Å². The lowest BCUT2D eigenvalue weighted by atomic mass is 10.2. The van der Waals surface area contributed by atoms with Gasteiger partial charge in [0.15, 0.2) is 19.7 Å². The minimum Gasteiger partial charge on any atom is -0.480 e. The van der Waals surface area contributed by atoms with Crippen LogP contribution in [0.1, 0.15) is 39.5 Å². The number of aliphatic carboxylic acids is 1. The number of rotatable bonds is 11. The highest BCUT2D eigenvalue weighted by Crippen LogP contribution is 2.16. The highest BCUT2D eigenvalue weighted by molar-refractivity contribution is 7.92. The van der Waals surface area contributed by atoms with Crippen molar-refractivity contribution < 1.29 is 31.5 Å². The van der Waals surface area contributed by atoms with Crippen LogP contribution in [0, 0.1) is 0 Å². The number of carboxylic acids is 1. The molecule has 0 saturated carbocycles. The van der Waals surface area contributed by atoms with Gasteiger partial charge in [-0.2, -0.15) is 0 Å². The van der Waals surface area contributed by atoms with Crippen molar-refractivity contribution in [3.8, 4) is 0 Å². The first kappa shape index (κ1) is 21.8. The molecule has 0 unspecified atom stereocenters. The van der Waals surface area contributed by atoms with E-state index < -0.39 is 54.3 Å². The number of amides is 1. The third-order valence-electron chi connectivity index (χ3n) is 3.15. The molecular formula is C13H25NO7S2. The highest BCUT2D eigenvalue weighted by Gasteiger charge is 2.32. The molecule has 0 aliphatic heterocycles. The van der Waals surface area contributed by atoms with E-state index in [4.69, 9.17) is 5.11 Å². The largest absolute Gasteiger partial charge is 0.480 e. The maximum atomic E-state index is 12.4. The van der Waals surface area contributed by atoms with Crippen LogP contribution in [0.3, 0.4) is 0 Å². The van der Waals surface area contributed by atoms with E-state index in [1.807, 2.05) is 19.2 Å². The van der Waals surface area contributed by atoms with Crippen molar-refractivity contribution in [2.45, 2.75) is 50.8 Å². The number of carbonyl (C=O) groups is 2. The zero-order chi connectivity index (χ0) is 18.3. The Kier molecular flexibility index (Phi) is 8.75. The lowest BCUT2D eigenvalue weighted by Crippen LogP contribution is -2.48. The van der Waals surface area contributed by atoms with Gasteiger partial charge in [0.25, 0.3) is 0 Å². The Morgan fingerprint density at radius 2 is 1.52 bits per heavy atom. The minimum absolute atomic E-state index is 0.416. The van der Waals surface area contributed by atoms with Crippen LogP contribution in [-0.4, -0.2) is 62.9 Å². The van der Waals surface area contributed by atoms with E-state index in [-0.39, 0.29) is 0 Å². The molecule has 0 heterocycles. The smallest absolute Gasteiger partial charge is 0.327 e. The molecule has 23 heavy (non-hydrogen) atoms. The van der Waals surface area contributed by atoms with Crippen LogP contribution in [0.2, 0.25) is 0 Å². The number of carboxylic acid groups (broad SMARTS) is 1. The van der Waals surface area contributed by atoms with Crippen LogP contribution in [0.5, 0.6) is 0 Å². The topological polar surface area (TPSA) is 135 Å². The Hall–Kier alpha value is -1.16. The standard InChI is InChI=1S/C13H25NO7S2/c1-4-6-10(7-5-2)23(20,21)8-11(13(16)17)14-12(15)9-22(3,18)19/h10-11H,4-9H2,1-3H3,(H,14,15)(H,16,17)/t11-/m0/s1. The summed E-state index contributed by atoms with van der Waals surface area (Å²) in [5.41, 5.74) is 0. The molecule has 2 N–H and O–H groups in total. The molecule has 8 nitrogen and oxygen atoms in total. The summed E-state index contributed by atoms with van der Waals surface area (Å²) in [6.07, 6.45) is 2.95. The summed E-state index contributed by atoms with van der Waals surface area (Å²) >= 11 is 0. The maximum absolute atomic E-state index is 12.4. The lowest BCUT2D eigenvalue weighted by molar-refractivity contribution is -0.140. The summed E-state index contributed by atoms with van der Waals surface area (Å²) in [4.78, 5) is 22.7. The second-order valence-corrected chi connectivity index (χ2v) is 10.0. The van der Waals surface area contributed by atoms with E-state index in [1.165, 1.54) is 0 Å². The van der Waals surface area contributed by atoms with E-state index in [2.05, 4.69) is 0 Å². The number of hydrogen-bond acceptors (Lipinski definition) is 6. The average Bonchev–Trinajstić information content (AvgIpc) is 2.35. The quantitative estimate of drug-likeness (QED) is 0.521. The van der Waals surface area contributed by atoms with Gasteiger partial charge in [-0.1, -0.05) is 26.7 Å². The van der Waals surface area contributed by atoms with Crippen LogP contribution < -0.4 is 5.32 Å². The van der Waals surface area contributed by atoms with Gasteiger partial charge in [-0.05, 0) is 12.8 Å². The predicted octanol–water partition coefficient (Wildman–Crippen LogP) is -0.0160. The summed E-state index contributed by atoms with van der Waals surface area (Å²) < 4.78 is 46.8. The summed E-state index contributed by atoms with van der Waals surface area (Å²) in [5.74, 6) is -4.17. The molecule has 0 aliphatic carbocycles. The monoisotopic (exact) mass is 371 g/mol. The third-order valence-corrected chi connectivity index (χ3v) is 6.23.